The van der Waals surface area contributed by atoms with Gasteiger partial charge >= 0.3 is 5.97 Å². The molecule has 0 aromatic carbocycles. The fourth-order valence-electron chi connectivity index (χ4n) is 4.73. The Kier molecular flexibility index (Phi) is 11.2. The number of hydrogen-bond donors (Lipinski definition) is 1. The third-order valence-electron chi connectivity index (χ3n) is 7.43. The highest BCUT2D eigenvalue weighted by Crippen LogP contribution is 2.45. The number of rotatable bonds is 14. The SMILES string of the molecule is CCCCCCCCCCCC(=O)Nc1sc2c(c1C(=O)OC)CC[C@@H](C(C)(C)CC)C2. The van der Waals surface area contributed by atoms with Crippen LogP contribution in [0.4, 0.5) is 5.00 Å². The second-order valence-corrected chi connectivity index (χ2v) is 11.2. The standard InChI is InChI=1S/C27H45NO3S/c1-6-8-9-10-11-12-13-14-15-16-23(29)28-25-24(26(30)31-5)21-18-17-20(19-22(21)32-25)27(3,4)7-2/h20H,6-19H2,1-5H3,(H,28,29)/t20-/m1/s1. The average Bonchev–Trinajstić information content (AvgIpc) is 3.14. The van der Waals surface area contributed by atoms with Crippen molar-refractivity contribution in [2.45, 2.75) is 118 Å². The molecular formula is C27H45NO3S. The lowest BCUT2D eigenvalue weighted by atomic mass is 9.69. The predicted molar refractivity (Wildman–Crippen MR) is 136 cm³/mol. The molecule has 0 unspecified atom stereocenters. The van der Waals surface area contributed by atoms with Gasteiger partial charge in [-0.1, -0.05) is 85.5 Å². The maximum absolute atomic E-state index is 12.6. The molecule has 1 aromatic rings. The maximum Gasteiger partial charge on any atom is 0.341 e. The van der Waals surface area contributed by atoms with E-state index in [1.807, 2.05) is 0 Å². The van der Waals surface area contributed by atoms with Crippen LogP contribution >= 0.6 is 11.3 Å². The highest BCUT2D eigenvalue weighted by atomic mass is 32.1. The molecule has 32 heavy (non-hydrogen) atoms. The highest BCUT2D eigenvalue weighted by molar-refractivity contribution is 7.17. The number of nitrogens with one attached hydrogen (secondary N) is 1. The molecule has 1 heterocycles. The number of carbonyl (C=O) groups is 2. The van der Waals surface area contributed by atoms with Crippen LogP contribution in [0.25, 0.3) is 0 Å². The molecule has 1 atom stereocenters. The monoisotopic (exact) mass is 463 g/mol. The van der Waals surface area contributed by atoms with E-state index in [0.29, 0.717) is 22.9 Å². The molecule has 5 heteroatoms. The summed E-state index contributed by atoms with van der Waals surface area (Å²) in [4.78, 5) is 26.4. The first-order chi connectivity index (χ1) is 15.3. The summed E-state index contributed by atoms with van der Waals surface area (Å²) in [6.07, 6.45) is 15.7. The molecule has 0 bridgehead atoms. The van der Waals surface area contributed by atoms with Crippen molar-refractivity contribution in [1.29, 1.82) is 0 Å². The lowest BCUT2D eigenvalue weighted by Gasteiger charge is -2.36. The van der Waals surface area contributed by atoms with Gasteiger partial charge in [0.25, 0.3) is 0 Å². The summed E-state index contributed by atoms with van der Waals surface area (Å²) < 4.78 is 5.08. The first kappa shape index (κ1) is 26.9. The van der Waals surface area contributed by atoms with E-state index >= 15 is 0 Å². The number of thiophene rings is 1. The van der Waals surface area contributed by atoms with Crippen molar-refractivity contribution in [3.05, 3.63) is 16.0 Å². The van der Waals surface area contributed by atoms with Crippen LogP contribution in [0.2, 0.25) is 0 Å². The molecule has 0 aliphatic heterocycles. The van der Waals surface area contributed by atoms with Crippen LogP contribution < -0.4 is 5.32 Å². The predicted octanol–water partition coefficient (Wildman–Crippen LogP) is 7.94. The molecule has 2 rings (SSSR count). The van der Waals surface area contributed by atoms with Gasteiger partial charge in [-0.25, -0.2) is 4.79 Å². The van der Waals surface area contributed by atoms with Crippen molar-refractivity contribution >= 4 is 28.2 Å². The number of amides is 1. The van der Waals surface area contributed by atoms with Gasteiger partial charge in [-0.05, 0) is 42.6 Å². The Bertz CT molecular complexity index is 738. The van der Waals surface area contributed by atoms with Gasteiger partial charge < -0.3 is 10.1 Å². The van der Waals surface area contributed by atoms with Crippen LogP contribution in [0.3, 0.4) is 0 Å². The largest absolute Gasteiger partial charge is 0.465 e. The number of methoxy groups -OCH3 is 1. The summed E-state index contributed by atoms with van der Waals surface area (Å²) in [5.74, 6) is 0.297. The number of anilines is 1. The summed E-state index contributed by atoms with van der Waals surface area (Å²) in [6, 6.07) is 0. The van der Waals surface area contributed by atoms with Crippen LogP contribution in [0.5, 0.6) is 0 Å². The van der Waals surface area contributed by atoms with E-state index in [1.54, 1.807) is 11.3 Å². The van der Waals surface area contributed by atoms with E-state index < -0.39 is 0 Å². The van der Waals surface area contributed by atoms with E-state index in [0.717, 1.165) is 44.1 Å². The lowest BCUT2D eigenvalue weighted by molar-refractivity contribution is -0.116. The van der Waals surface area contributed by atoms with E-state index in [4.69, 9.17) is 4.74 Å². The molecule has 182 valence electrons. The highest BCUT2D eigenvalue weighted by Gasteiger charge is 2.35. The van der Waals surface area contributed by atoms with Crippen molar-refractivity contribution in [1.82, 2.24) is 0 Å². The Morgan fingerprint density at radius 2 is 1.66 bits per heavy atom. The molecule has 1 aliphatic carbocycles. The zero-order valence-corrected chi connectivity index (χ0v) is 21.9. The number of hydrogen-bond acceptors (Lipinski definition) is 4. The third kappa shape index (κ3) is 7.60. The molecule has 4 nitrogen and oxygen atoms in total. The summed E-state index contributed by atoms with van der Waals surface area (Å²) in [5.41, 5.74) is 1.98. The quantitative estimate of drug-likeness (QED) is 0.225. The first-order valence-electron chi connectivity index (χ1n) is 12.9. The zero-order chi connectivity index (χ0) is 23.6. The van der Waals surface area contributed by atoms with Gasteiger partial charge in [0, 0.05) is 11.3 Å². The topological polar surface area (TPSA) is 55.4 Å². The van der Waals surface area contributed by atoms with Crippen molar-refractivity contribution in [2.75, 3.05) is 12.4 Å². The van der Waals surface area contributed by atoms with Gasteiger partial charge in [0.1, 0.15) is 5.00 Å². The molecule has 1 aliphatic rings. The zero-order valence-electron chi connectivity index (χ0n) is 21.1. The normalized spacial score (nSPS) is 16.0. The maximum atomic E-state index is 12.6. The lowest BCUT2D eigenvalue weighted by Crippen LogP contribution is -2.28. The third-order valence-corrected chi connectivity index (χ3v) is 8.60. The minimum atomic E-state index is -0.325. The van der Waals surface area contributed by atoms with Gasteiger partial charge in [0.15, 0.2) is 0 Å². The summed E-state index contributed by atoms with van der Waals surface area (Å²) in [5, 5.41) is 3.75. The molecule has 1 amide bonds. The minimum absolute atomic E-state index is 0.0159. The number of carbonyl (C=O) groups excluding carboxylic acids is 2. The van der Waals surface area contributed by atoms with Crippen molar-refractivity contribution in [3.8, 4) is 0 Å². The Morgan fingerprint density at radius 3 is 2.25 bits per heavy atom. The molecule has 0 fully saturated rings. The van der Waals surface area contributed by atoms with Gasteiger partial charge in [-0.15, -0.1) is 11.3 Å². The first-order valence-corrected chi connectivity index (χ1v) is 13.7. The van der Waals surface area contributed by atoms with Gasteiger partial charge in [-0.2, -0.15) is 0 Å². The van der Waals surface area contributed by atoms with Gasteiger partial charge in [0.05, 0.1) is 12.7 Å². The second-order valence-electron chi connectivity index (χ2n) is 10.1. The van der Waals surface area contributed by atoms with Crippen LogP contribution in [0, 0.1) is 11.3 Å². The number of fused-ring (bicyclic) bond motifs is 1. The molecular weight excluding hydrogens is 418 g/mol. The van der Waals surface area contributed by atoms with Crippen LogP contribution in [0.1, 0.15) is 126 Å². The Balaban J connectivity index is 1.90. The molecule has 0 saturated heterocycles. The number of esters is 1. The Morgan fingerprint density at radius 1 is 1.03 bits per heavy atom. The smallest absolute Gasteiger partial charge is 0.341 e. The van der Waals surface area contributed by atoms with E-state index in [2.05, 4.69) is 33.0 Å². The van der Waals surface area contributed by atoms with Crippen LogP contribution in [-0.2, 0) is 22.4 Å². The molecule has 0 saturated carbocycles. The van der Waals surface area contributed by atoms with E-state index in [9.17, 15) is 9.59 Å². The van der Waals surface area contributed by atoms with Crippen molar-refractivity contribution in [2.24, 2.45) is 11.3 Å². The average molecular weight is 464 g/mol. The second kappa shape index (κ2) is 13.4. The van der Waals surface area contributed by atoms with Gasteiger partial charge in [0.2, 0.25) is 5.91 Å². The summed E-state index contributed by atoms with van der Waals surface area (Å²) >= 11 is 1.59. The Labute approximate surface area is 199 Å². The molecule has 1 N–H and O–H groups in total. The summed E-state index contributed by atoms with van der Waals surface area (Å²) in [6.45, 7) is 9.17. The Hall–Kier alpha value is -1.36. The fraction of sp³-hybridized carbons (Fsp3) is 0.778. The van der Waals surface area contributed by atoms with E-state index in [-0.39, 0.29) is 17.3 Å². The van der Waals surface area contributed by atoms with Crippen molar-refractivity contribution in [3.63, 3.8) is 0 Å². The number of unbranched alkanes of at least 4 members (excludes halogenated alkanes) is 8. The molecule has 1 aromatic heterocycles. The van der Waals surface area contributed by atoms with Crippen LogP contribution in [-0.4, -0.2) is 19.0 Å². The molecule has 0 spiro atoms. The van der Waals surface area contributed by atoms with Crippen LogP contribution in [0.15, 0.2) is 0 Å². The van der Waals surface area contributed by atoms with E-state index in [1.165, 1.54) is 56.9 Å². The fourth-order valence-corrected chi connectivity index (χ4v) is 6.06. The molecule has 0 radical (unpaired) electrons. The summed E-state index contributed by atoms with van der Waals surface area (Å²) in [7, 11) is 1.42. The van der Waals surface area contributed by atoms with Gasteiger partial charge in [-0.3, -0.25) is 4.79 Å². The number of ether oxygens (including phenoxy) is 1. The van der Waals surface area contributed by atoms with Crippen molar-refractivity contribution < 1.29 is 14.3 Å². The minimum Gasteiger partial charge on any atom is -0.465 e.